The fourth-order valence-electron chi connectivity index (χ4n) is 3.29. The van der Waals surface area contributed by atoms with Crippen molar-refractivity contribution in [2.24, 2.45) is 0 Å². The SMILES string of the molecule is O=C1c2ccccc2NC(/C=C/c2ccco2)N1c1ccc2c(c1)OCO2. The predicted molar refractivity (Wildman–Crippen MR) is 101 cm³/mol. The molecule has 1 N–H and O–H groups in total. The van der Waals surface area contributed by atoms with Crippen LogP contribution in [0, 0.1) is 0 Å². The van der Waals surface area contributed by atoms with Crippen LogP contribution >= 0.6 is 0 Å². The minimum atomic E-state index is -0.377. The van der Waals surface area contributed by atoms with E-state index < -0.39 is 0 Å². The van der Waals surface area contributed by atoms with E-state index in [1.807, 2.05) is 66.7 Å². The van der Waals surface area contributed by atoms with Crippen molar-refractivity contribution in [2.45, 2.75) is 6.17 Å². The van der Waals surface area contributed by atoms with E-state index in [4.69, 9.17) is 13.9 Å². The van der Waals surface area contributed by atoms with E-state index >= 15 is 0 Å². The summed E-state index contributed by atoms with van der Waals surface area (Å²) in [6.45, 7) is 0.190. The van der Waals surface area contributed by atoms with Crippen LogP contribution in [0.1, 0.15) is 16.1 Å². The van der Waals surface area contributed by atoms with Crippen molar-refractivity contribution in [3.63, 3.8) is 0 Å². The van der Waals surface area contributed by atoms with Crippen LogP contribution in [0.5, 0.6) is 11.5 Å². The molecular weight excluding hydrogens is 344 g/mol. The van der Waals surface area contributed by atoms with Crippen LogP contribution in [0.3, 0.4) is 0 Å². The van der Waals surface area contributed by atoms with Gasteiger partial charge in [-0.15, -0.1) is 0 Å². The van der Waals surface area contributed by atoms with Gasteiger partial charge in [0.05, 0.1) is 17.5 Å². The van der Waals surface area contributed by atoms with Crippen molar-refractivity contribution < 1.29 is 18.7 Å². The summed E-state index contributed by atoms with van der Waals surface area (Å²) >= 11 is 0. The van der Waals surface area contributed by atoms with Gasteiger partial charge in [-0.3, -0.25) is 9.69 Å². The van der Waals surface area contributed by atoms with Gasteiger partial charge in [-0.05, 0) is 48.6 Å². The van der Waals surface area contributed by atoms with Gasteiger partial charge in [0.2, 0.25) is 6.79 Å². The number of rotatable bonds is 3. The molecule has 134 valence electrons. The molecule has 1 amide bonds. The Morgan fingerprint density at radius 3 is 2.81 bits per heavy atom. The van der Waals surface area contributed by atoms with Crippen LogP contribution in [-0.4, -0.2) is 18.9 Å². The van der Waals surface area contributed by atoms with Crippen LogP contribution < -0.4 is 19.7 Å². The second-order valence-electron chi connectivity index (χ2n) is 6.22. The fourth-order valence-corrected chi connectivity index (χ4v) is 3.29. The first-order valence-electron chi connectivity index (χ1n) is 8.60. The quantitative estimate of drug-likeness (QED) is 0.761. The standard InChI is InChI=1S/C21H16N2O4/c24-21-16-5-1-2-6-17(16)22-20(10-8-15-4-3-11-25-15)23(21)14-7-9-18-19(12-14)27-13-26-18/h1-12,20,22H,13H2/b10-8+. The third-order valence-corrected chi connectivity index (χ3v) is 4.58. The number of amides is 1. The molecule has 0 saturated carbocycles. The fraction of sp³-hybridized carbons (Fsp3) is 0.0952. The summed E-state index contributed by atoms with van der Waals surface area (Å²) in [5, 5.41) is 3.41. The van der Waals surface area contributed by atoms with E-state index in [1.165, 1.54) is 0 Å². The monoisotopic (exact) mass is 360 g/mol. The Labute approximate surface area is 155 Å². The minimum Gasteiger partial charge on any atom is -0.465 e. The van der Waals surface area contributed by atoms with Crippen molar-refractivity contribution in [3.05, 3.63) is 78.3 Å². The molecule has 5 rings (SSSR count). The number of anilines is 2. The Kier molecular flexibility index (Phi) is 3.60. The summed E-state index contributed by atoms with van der Waals surface area (Å²) in [6.07, 6.45) is 4.98. The molecule has 3 heterocycles. The van der Waals surface area contributed by atoms with E-state index in [2.05, 4.69) is 5.32 Å². The van der Waals surface area contributed by atoms with Gasteiger partial charge in [0.1, 0.15) is 11.9 Å². The number of carbonyl (C=O) groups is 1. The third-order valence-electron chi connectivity index (χ3n) is 4.58. The highest BCUT2D eigenvalue weighted by Gasteiger charge is 2.32. The number of para-hydroxylation sites is 1. The summed E-state index contributed by atoms with van der Waals surface area (Å²) in [4.78, 5) is 14.9. The van der Waals surface area contributed by atoms with Gasteiger partial charge in [0.25, 0.3) is 5.91 Å². The number of ether oxygens (including phenoxy) is 2. The van der Waals surface area contributed by atoms with E-state index in [9.17, 15) is 4.79 Å². The lowest BCUT2D eigenvalue weighted by atomic mass is 10.1. The van der Waals surface area contributed by atoms with Gasteiger partial charge in [-0.25, -0.2) is 0 Å². The molecule has 0 aliphatic carbocycles. The van der Waals surface area contributed by atoms with Gasteiger partial charge in [0.15, 0.2) is 11.5 Å². The van der Waals surface area contributed by atoms with Crippen LogP contribution in [0.15, 0.2) is 71.4 Å². The van der Waals surface area contributed by atoms with Gasteiger partial charge >= 0.3 is 0 Å². The molecular formula is C21H16N2O4. The number of hydrogen-bond acceptors (Lipinski definition) is 5. The molecule has 2 aliphatic rings. The molecule has 1 atom stereocenters. The molecule has 2 aromatic carbocycles. The molecule has 0 radical (unpaired) electrons. The minimum absolute atomic E-state index is 0.0858. The lowest BCUT2D eigenvalue weighted by Gasteiger charge is -2.36. The van der Waals surface area contributed by atoms with Gasteiger partial charge in [-0.2, -0.15) is 0 Å². The molecule has 6 nitrogen and oxygen atoms in total. The topological polar surface area (TPSA) is 63.9 Å². The van der Waals surface area contributed by atoms with Gasteiger partial charge in [-0.1, -0.05) is 12.1 Å². The molecule has 0 spiro atoms. The van der Waals surface area contributed by atoms with Crippen LogP contribution in [0.2, 0.25) is 0 Å². The number of furan rings is 1. The smallest absolute Gasteiger partial charge is 0.262 e. The highest BCUT2D eigenvalue weighted by Crippen LogP contribution is 2.38. The summed E-state index contributed by atoms with van der Waals surface area (Å²) < 4.78 is 16.2. The first-order valence-corrected chi connectivity index (χ1v) is 8.60. The average molecular weight is 360 g/mol. The van der Waals surface area contributed by atoms with Gasteiger partial charge in [0, 0.05) is 11.8 Å². The summed E-state index contributed by atoms with van der Waals surface area (Å²) in [5.74, 6) is 1.94. The van der Waals surface area contributed by atoms with E-state index in [0.29, 0.717) is 22.8 Å². The molecule has 2 aliphatic heterocycles. The van der Waals surface area contributed by atoms with Crippen LogP contribution in [-0.2, 0) is 0 Å². The predicted octanol–water partition coefficient (Wildman–Crippen LogP) is 4.12. The maximum absolute atomic E-state index is 13.2. The Morgan fingerprint density at radius 1 is 1.04 bits per heavy atom. The lowest BCUT2D eigenvalue weighted by molar-refractivity contribution is 0.0980. The zero-order chi connectivity index (χ0) is 18.2. The zero-order valence-electron chi connectivity index (χ0n) is 14.3. The summed E-state index contributed by atoms with van der Waals surface area (Å²) in [6, 6.07) is 16.7. The molecule has 0 bridgehead atoms. The molecule has 1 aromatic heterocycles. The zero-order valence-corrected chi connectivity index (χ0v) is 14.3. The van der Waals surface area contributed by atoms with Crippen molar-refractivity contribution in [1.82, 2.24) is 0 Å². The Morgan fingerprint density at radius 2 is 1.93 bits per heavy atom. The number of hydrogen-bond donors (Lipinski definition) is 1. The molecule has 27 heavy (non-hydrogen) atoms. The number of carbonyl (C=O) groups excluding carboxylic acids is 1. The highest BCUT2D eigenvalue weighted by molar-refractivity contribution is 6.12. The number of nitrogens with one attached hydrogen (secondary N) is 1. The summed E-state index contributed by atoms with van der Waals surface area (Å²) in [5.41, 5.74) is 2.15. The number of fused-ring (bicyclic) bond motifs is 2. The largest absolute Gasteiger partial charge is 0.465 e. The Balaban J connectivity index is 1.57. The highest BCUT2D eigenvalue weighted by atomic mass is 16.7. The molecule has 0 saturated heterocycles. The second kappa shape index (κ2) is 6.25. The average Bonchev–Trinajstić information content (AvgIpc) is 3.37. The van der Waals surface area contributed by atoms with Gasteiger partial charge < -0.3 is 19.2 Å². The normalized spacial score (nSPS) is 17.9. The first-order chi connectivity index (χ1) is 13.3. The van der Waals surface area contributed by atoms with Crippen molar-refractivity contribution in [3.8, 4) is 11.5 Å². The summed E-state index contributed by atoms with van der Waals surface area (Å²) in [7, 11) is 0. The maximum Gasteiger partial charge on any atom is 0.262 e. The Bertz CT molecular complexity index is 1030. The van der Waals surface area contributed by atoms with E-state index in [0.717, 1.165) is 11.4 Å². The first kappa shape index (κ1) is 15.6. The molecule has 6 heteroatoms. The number of benzene rings is 2. The molecule has 0 fully saturated rings. The van der Waals surface area contributed by atoms with Crippen molar-refractivity contribution >= 4 is 23.4 Å². The third kappa shape index (κ3) is 2.71. The second-order valence-corrected chi connectivity index (χ2v) is 6.22. The van der Waals surface area contributed by atoms with E-state index in [1.54, 1.807) is 11.2 Å². The van der Waals surface area contributed by atoms with Crippen molar-refractivity contribution in [1.29, 1.82) is 0 Å². The Hall–Kier alpha value is -3.67. The molecule has 1 unspecified atom stereocenters. The van der Waals surface area contributed by atoms with E-state index in [-0.39, 0.29) is 18.9 Å². The molecule has 3 aromatic rings. The van der Waals surface area contributed by atoms with Crippen molar-refractivity contribution in [2.75, 3.05) is 17.0 Å². The van der Waals surface area contributed by atoms with Crippen LogP contribution in [0.25, 0.3) is 6.08 Å². The van der Waals surface area contributed by atoms with Crippen LogP contribution in [0.4, 0.5) is 11.4 Å². The maximum atomic E-state index is 13.2. The lowest BCUT2D eigenvalue weighted by Crippen LogP contribution is -2.48. The number of nitrogens with zero attached hydrogens (tertiary/aromatic N) is 1.